The minimum absolute atomic E-state index is 0.654. The largest absolute Gasteiger partial charge is 0.208 e. The number of thiophene rings is 1. The average molecular weight is 592 g/mol. The van der Waals surface area contributed by atoms with E-state index in [1.807, 2.05) is 29.5 Å². The molecule has 0 saturated carbocycles. The number of nitrogens with zero attached hydrogens (tertiary/aromatic N) is 3. The van der Waals surface area contributed by atoms with Crippen LogP contribution in [0.5, 0.6) is 0 Å². The van der Waals surface area contributed by atoms with Gasteiger partial charge in [-0.05, 0) is 69.1 Å². The molecule has 4 heteroatoms. The first-order chi connectivity index (χ1) is 22.3. The van der Waals surface area contributed by atoms with Gasteiger partial charge in [0.2, 0.25) is 0 Å². The third kappa shape index (κ3) is 4.55. The molecule has 2 aromatic heterocycles. The molecule has 0 saturated heterocycles. The van der Waals surface area contributed by atoms with Gasteiger partial charge in [0.1, 0.15) is 0 Å². The molecular weight excluding hydrogens is 567 g/mol. The lowest BCUT2D eigenvalue weighted by atomic mass is 9.94. The van der Waals surface area contributed by atoms with Crippen LogP contribution in [0, 0.1) is 0 Å². The van der Waals surface area contributed by atoms with Crippen molar-refractivity contribution in [2.45, 2.75) is 0 Å². The summed E-state index contributed by atoms with van der Waals surface area (Å²) in [5.74, 6) is 1.97. The summed E-state index contributed by atoms with van der Waals surface area (Å²) in [5.41, 5.74) is 5.22. The van der Waals surface area contributed by atoms with Crippen LogP contribution in [0.25, 0.3) is 87.0 Å². The van der Waals surface area contributed by atoms with Crippen molar-refractivity contribution in [1.82, 2.24) is 15.0 Å². The normalized spacial score (nSPS) is 11.6. The molecule has 0 fully saturated rings. The quantitative estimate of drug-likeness (QED) is 0.204. The first-order valence-corrected chi connectivity index (χ1v) is 15.8. The van der Waals surface area contributed by atoms with E-state index in [9.17, 15) is 0 Å². The fraction of sp³-hybridized carbons (Fsp3) is 0. The Kier molecular flexibility index (Phi) is 6.00. The van der Waals surface area contributed by atoms with Gasteiger partial charge in [-0.25, -0.2) is 15.0 Å². The second-order valence-corrected chi connectivity index (χ2v) is 12.4. The highest BCUT2D eigenvalue weighted by atomic mass is 32.1. The maximum Gasteiger partial charge on any atom is 0.164 e. The number of aromatic nitrogens is 3. The number of rotatable bonds is 4. The number of hydrogen-bond acceptors (Lipinski definition) is 4. The summed E-state index contributed by atoms with van der Waals surface area (Å²) in [7, 11) is 0. The molecule has 210 valence electrons. The monoisotopic (exact) mass is 591 g/mol. The Labute approximate surface area is 264 Å². The van der Waals surface area contributed by atoms with Crippen molar-refractivity contribution >= 4 is 53.1 Å². The molecule has 0 aliphatic carbocycles. The van der Waals surface area contributed by atoms with E-state index in [1.54, 1.807) is 0 Å². The Balaban J connectivity index is 1.27. The molecule has 2 heterocycles. The molecule has 0 unspecified atom stereocenters. The molecule has 9 aromatic rings. The Morgan fingerprint density at radius 3 is 1.78 bits per heavy atom. The van der Waals surface area contributed by atoms with Crippen LogP contribution >= 0.6 is 11.3 Å². The molecule has 0 radical (unpaired) electrons. The number of benzene rings is 7. The van der Waals surface area contributed by atoms with E-state index < -0.39 is 0 Å². The molecule has 3 nitrogen and oxygen atoms in total. The van der Waals surface area contributed by atoms with E-state index in [2.05, 4.69) is 133 Å². The molecule has 0 aliphatic heterocycles. The van der Waals surface area contributed by atoms with E-state index >= 15 is 0 Å². The minimum atomic E-state index is 0.654. The predicted molar refractivity (Wildman–Crippen MR) is 189 cm³/mol. The van der Waals surface area contributed by atoms with E-state index in [0.717, 1.165) is 33.0 Å². The van der Waals surface area contributed by atoms with Gasteiger partial charge in [-0.2, -0.15) is 0 Å². The van der Waals surface area contributed by atoms with Crippen LogP contribution in [0.1, 0.15) is 0 Å². The average Bonchev–Trinajstić information content (AvgIpc) is 3.49. The molecule has 0 atom stereocenters. The van der Waals surface area contributed by atoms with Gasteiger partial charge in [-0.1, -0.05) is 115 Å². The van der Waals surface area contributed by atoms with Gasteiger partial charge >= 0.3 is 0 Å². The number of fused-ring (bicyclic) bond motifs is 5. The lowest BCUT2D eigenvalue weighted by Gasteiger charge is -2.13. The van der Waals surface area contributed by atoms with E-state index in [4.69, 9.17) is 15.0 Å². The summed E-state index contributed by atoms with van der Waals surface area (Å²) in [5, 5.41) is 7.27. The first-order valence-electron chi connectivity index (χ1n) is 15.0. The van der Waals surface area contributed by atoms with Crippen LogP contribution < -0.4 is 0 Å². The third-order valence-electron chi connectivity index (χ3n) is 8.48. The molecule has 0 bridgehead atoms. The highest BCUT2D eigenvalue weighted by Gasteiger charge is 2.16. The Morgan fingerprint density at radius 1 is 0.333 bits per heavy atom. The van der Waals surface area contributed by atoms with Crippen molar-refractivity contribution in [2.75, 3.05) is 0 Å². The van der Waals surface area contributed by atoms with Crippen LogP contribution in [0.3, 0.4) is 0 Å². The first kappa shape index (κ1) is 25.8. The molecule has 0 N–H and O–H groups in total. The number of hydrogen-bond donors (Lipinski definition) is 0. The van der Waals surface area contributed by atoms with Crippen molar-refractivity contribution in [3.63, 3.8) is 0 Å². The van der Waals surface area contributed by atoms with Crippen molar-refractivity contribution < 1.29 is 0 Å². The molecular formula is C41H25N3S. The summed E-state index contributed by atoms with van der Waals surface area (Å²) in [6, 6.07) is 53.4. The molecule has 0 spiro atoms. The Morgan fingerprint density at radius 2 is 0.933 bits per heavy atom. The van der Waals surface area contributed by atoms with Gasteiger partial charge in [0.15, 0.2) is 17.5 Å². The highest BCUT2D eigenvalue weighted by Crippen LogP contribution is 2.39. The van der Waals surface area contributed by atoms with Crippen LogP contribution in [-0.2, 0) is 0 Å². The van der Waals surface area contributed by atoms with Crippen LogP contribution in [0.4, 0.5) is 0 Å². The molecule has 0 aliphatic rings. The predicted octanol–water partition coefficient (Wildman–Crippen LogP) is 11.2. The molecule has 0 amide bonds. The molecule has 45 heavy (non-hydrogen) atoms. The molecule has 7 aromatic carbocycles. The summed E-state index contributed by atoms with van der Waals surface area (Å²) < 4.78 is 2.61. The van der Waals surface area contributed by atoms with Crippen molar-refractivity contribution in [3.8, 4) is 45.3 Å². The summed E-state index contributed by atoms with van der Waals surface area (Å²) in [6.45, 7) is 0. The van der Waals surface area contributed by atoms with Crippen molar-refractivity contribution in [3.05, 3.63) is 152 Å². The lowest BCUT2D eigenvalue weighted by molar-refractivity contribution is 1.08. The fourth-order valence-electron chi connectivity index (χ4n) is 6.25. The SMILES string of the molecule is c1ccc(-c2nc(-c3ccc4ccccc4c3)nc(-c3cc(-c4ccc5sc6ccccc6c5c4)c4ccccc4c3)n2)cc1. The van der Waals surface area contributed by atoms with E-state index in [0.29, 0.717) is 17.5 Å². The standard InChI is InChI=1S/C41H25N3S/c1-2-11-27(12-3-1)39-42-40(31-19-18-26-10-4-5-13-28(26)22-31)44-41(43-39)32-23-29-14-6-7-15-33(29)35(25-32)30-20-21-38-36(24-30)34-16-8-9-17-37(34)45-38/h1-25H. The zero-order valence-corrected chi connectivity index (χ0v) is 25.0. The maximum absolute atomic E-state index is 5.11. The van der Waals surface area contributed by atoms with Gasteiger partial charge in [0, 0.05) is 36.9 Å². The fourth-order valence-corrected chi connectivity index (χ4v) is 7.34. The van der Waals surface area contributed by atoms with Crippen LogP contribution in [-0.4, -0.2) is 15.0 Å². The summed E-state index contributed by atoms with van der Waals surface area (Å²) >= 11 is 1.84. The zero-order valence-electron chi connectivity index (χ0n) is 24.2. The second kappa shape index (κ2) is 10.5. The Bertz CT molecular complexity index is 2550. The van der Waals surface area contributed by atoms with Crippen molar-refractivity contribution in [2.24, 2.45) is 0 Å². The lowest BCUT2D eigenvalue weighted by Crippen LogP contribution is -2.00. The smallest absolute Gasteiger partial charge is 0.164 e. The van der Waals surface area contributed by atoms with Crippen molar-refractivity contribution in [1.29, 1.82) is 0 Å². The van der Waals surface area contributed by atoms with Gasteiger partial charge in [-0.15, -0.1) is 11.3 Å². The van der Waals surface area contributed by atoms with Crippen LogP contribution in [0.15, 0.2) is 152 Å². The zero-order chi connectivity index (χ0) is 29.7. The van der Waals surface area contributed by atoms with E-state index in [-0.39, 0.29) is 0 Å². The topological polar surface area (TPSA) is 38.7 Å². The van der Waals surface area contributed by atoms with Gasteiger partial charge < -0.3 is 0 Å². The van der Waals surface area contributed by atoms with Gasteiger partial charge in [0.25, 0.3) is 0 Å². The summed E-state index contributed by atoms with van der Waals surface area (Å²) in [4.78, 5) is 15.2. The van der Waals surface area contributed by atoms with Gasteiger partial charge in [-0.3, -0.25) is 0 Å². The minimum Gasteiger partial charge on any atom is -0.208 e. The second-order valence-electron chi connectivity index (χ2n) is 11.3. The van der Waals surface area contributed by atoms with Gasteiger partial charge in [0.05, 0.1) is 0 Å². The third-order valence-corrected chi connectivity index (χ3v) is 9.63. The van der Waals surface area contributed by atoms with Crippen LogP contribution in [0.2, 0.25) is 0 Å². The highest BCUT2D eigenvalue weighted by molar-refractivity contribution is 7.25. The van der Waals surface area contributed by atoms with E-state index in [1.165, 1.54) is 36.5 Å². The summed E-state index contributed by atoms with van der Waals surface area (Å²) in [6.07, 6.45) is 0. The Hall–Kier alpha value is -5.71. The molecule has 9 rings (SSSR count). The maximum atomic E-state index is 5.11.